The van der Waals surface area contributed by atoms with Crippen molar-refractivity contribution in [1.82, 2.24) is 4.90 Å². The molecule has 2 fully saturated rings. The highest BCUT2D eigenvalue weighted by atomic mass is 35.5. The number of anilines is 1. The van der Waals surface area contributed by atoms with Crippen molar-refractivity contribution < 1.29 is 9.59 Å². The summed E-state index contributed by atoms with van der Waals surface area (Å²) in [6.45, 7) is 2.76. The second kappa shape index (κ2) is 5.05. The lowest BCUT2D eigenvalue weighted by atomic mass is 10.0. The van der Waals surface area contributed by atoms with E-state index in [1.807, 2.05) is 6.07 Å². The highest BCUT2D eigenvalue weighted by molar-refractivity contribution is 6.33. The van der Waals surface area contributed by atoms with Crippen molar-refractivity contribution in [3.05, 3.63) is 28.3 Å². The topological polar surface area (TPSA) is 64.4 Å². The SMILES string of the molecule is Cc1c(N2C[C@H]3C(=O)CCCN3C2=O)ccc(C#N)c1Cl. The van der Waals surface area contributed by atoms with Gasteiger partial charge in [-0.05, 0) is 31.0 Å². The lowest BCUT2D eigenvalue weighted by Crippen LogP contribution is -2.44. The van der Waals surface area contributed by atoms with E-state index >= 15 is 0 Å². The lowest BCUT2D eigenvalue weighted by molar-refractivity contribution is -0.124. The van der Waals surface area contributed by atoms with E-state index in [1.165, 1.54) is 0 Å². The van der Waals surface area contributed by atoms with Crippen LogP contribution in [0.15, 0.2) is 12.1 Å². The van der Waals surface area contributed by atoms with Crippen molar-refractivity contribution in [3.63, 3.8) is 0 Å². The van der Waals surface area contributed by atoms with Gasteiger partial charge in [0.05, 0.1) is 17.1 Å². The van der Waals surface area contributed by atoms with Gasteiger partial charge in [-0.1, -0.05) is 11.6 Å². The Balaban J connectivity index is 1.99. The number of nitrogens with zero attached hydrogens (tertiary/aromatic N) is 3. The molecule has 1 aromatic rings. The molecular formula is C15H14ClN3O2. The number of rotatable bonds is 1. The summed E-state index contributed by atoms with van der Waals surface area (Å²) in [5.74, 6) is 0.120. The minimum absolute atomic E-state index is 0.120. The molecule has 2 amide bonds. The van der Waals surface area contributed by atoms with E-state index in [2.05, 4.69) is 0 Å². The van der Waals surface area contributed by atoms with Crippen molar-refractivity contribution in [1.29, 1.82) is 5.26 Å². The molecule has 0 N–H and O–H groups in total. The molecule has 0 aromatic heterocycles. The van der Waals surface area contributed by atoms with Gasteiger partial charge in [0.25, 0.3) is 0 Å². The van der Waals surface area contributed by atoms with Crippen molar-refractivity contribution in [2.24, 2.45) is 0 Å². The van der Waals surface area contributed by atoms with Gasteiger partial charge in [-0.15, -0.1) is 0 Å². The van der Waals surface area contributed by atoms with E-state index in [9.17, 15) is 9.59 Å². The van der Waals surface area contributed by atoms with E-state index < -0.39 is 0 Å². The van der Waals surface area contributed by atoms with Crippen molar-refractivity contribution in [2.45, 2.75) is 25.8 Å². The summed E-state index contributed by atoms with van der Waals surface area (Å²) >= 11 is 6.17. The van der Waals surface area contributed by atoms with Crippen LogP contribution in [-0.2, 0) is 4.79 Å². The summed E-state index contributed by atoms with van der Waals surface area (Å²) < 4.78 is 0. The molecule has 0 saturated carbocycles. The number of hydrogen-bond acceptors (Lipinski definition) is 3. The number of urea groups is 1. The molecule has 5 nitrogen and oxygen atoms in total. The molecule has 0 unspecified atom stereocenters. The van der Waals surface area contributed by atoms with Crippen LogP contribution >= 0.6 is 11.6 Å². The first-order valence-corrected chi connectivity index (χ1v) is 7.22. The third-order valence-electron chi connectivity index (χ3n) is 4.17. The Morgan fingerprint density at radius 3 is 2.81 bits per heavy atom. The standard InChI is InChI=1S/C15H14ClN3O2/c1-9-11(5-4-10(7-17)14(9)16)19-8-12-13(20)3-2-6-18(12)15(19)21/h4-5,12H,2-3,6,8H2,1H3/t12-/m0/s1. The van der Waals surface area contributed by atoms with E-state index in [-0.39, 0.29) is 17.9 Å². The zero-order chi connectivity index (χ0) is 15.1. The molecule has 0 spiro atoms. The van der Waals surface area contributed by atoms with Gasteiger partial charge in [0, 0.05) is 18.7 Å². The van der Waals surface area contributed by atoms with Crippen LogP contribution in [0.5, 0.6) is 0 Å². The maximum absolute atomic E-state index is 12.5. The molecule has 2 aliphatic heterocycles. The van der Waals surface area contributed by atoms with Gasteiger partial charge in [-0.25, -0.2) is 4.79 Å². The molecule has 2 aliphatic rings. The van der Waals surface area contributed by atoms with Crippen LogP contribution in [0.1, 0.15) is 24.0 Å². The molecule has 2 heterocycles. The highest BCUT2D eigenvalue weighted by Crippen LogP contribution is 2.34. The Morgan fingerprint density at radius 2 is 2.14 bits per heavy atom. The smallest absolute Gasteiger partial charge is 0.312 e. The highest BCUT2D eigenvalue weighted by Gasteiger charge is 2.43. The summed E-state index contributed by atoms with van der Waals surface area (Å²) in [6.07, 6.45) is 1.26. The lowest BCUT2D eigenvalue weighted by Gasteiger charge is -2.26. The average molecular weight is 304 g/mol. The summed E-state index contributed by atoms with van der Waals surface area (Å²) in [5.41, 5.74) is 1.75. The molecule has 1 aromatic carbocycles. The third-order valence-corrected chi connectivity index (χ3v) is 4.66. The van der Waals surface area contributed by atoms with Crippen LogP contribution < -0.4 is 4.90 Å². The molecule has 0 aliphatic carbocycles. The van der Waals surface area contributed by atoms with Gasteiger partial charge >= 0.3 is 6.03 Å². The predicted molar refractivity (Wildman–Crippen MR) is 78.4 cm³/mol. The zero-order valence-corrected chi connectivity index (χ0v) is 12.4. The molecule has 108 valence electrons. The number of fused-ring (bicyclic) bond motifs is 1. The average Bonchev–Trinajstić information content (AvgIpc) is 2.81. The molecule has 0 radical (unpaired) electrons. The summed E-state index contributed by atoms with van der Waals surface area (Å²) in [6, 6.07) is 4.85. The first-order chi connectivity index (χ1) is 10.0. The van der Waals surface area contributed by atoms with Crippen molar-refractivity contribution >= 4 is 29.1 Å². The van der Waals surface area contributed by atoms with Crippen LogP contribution in [0.4, 0.5) is 10.5 Å². The molecule has 0 bridgehead atoms. The summed E-state index contributed by atoms with van der Waals surface area (Å²) in [4.78, 5) is 27.7. The molecule has 3 rings (SSSR count). The number of halogens is 1. The Morgan fingerprint density at radius 1 is 1.38 bits per heavy atom. The van der Waals surface area contributed by atoms with Crippen LogP contribution in [-0.4, -0.2) is 35.8 Å². The largest absolute Gasteiger partial charge is 0.325 e. The van der Waals surface area contributed by atoms with E-state index in [4.69, 9.17) is 16.9 Å². The number of hydrogen-bond donors (Lipinski definition) is 0. The second-order valence-corrected chi connectivity index (χ2v) is 5.73. The van der Waals surface area contributed by atoms with Crippen LogP contribution in [0, 0.1) is 18.3 Å². The van der Waals surface area contributed by atoms with Crippen LogP contribution in [0.3, 0.4) is 0 Å². The second-order valence-electron chi connectivity index (χ2n) is 5.36. The number of Topliss-reactive ketones (excluding diaryl/α,β-unsaturated/α-hetero) is 1. The first-order valence-electron chi connectivity index (χ1n) is 6.84. The van der Waals surface area contributed by atoms with Crippen molar-refractivity contribution in [3.8, 4) is 6.07 Å². The van der Waals surface area contributed by atoms with Crippen molar-refractivity contribution in [2.75, 3.05) is 18.0 Å². The molecular weight excluding hydrogens is 290 g/mol. The fraction of sp³-hybridized carbons (Fsp3) is 0.400. The summed E-state index contributed by atoms with van der Waals surface area (Å²) in [5, 5.41) is 9.35. The Bertz CT molecular complexity index is 680. The Kier molecular flexibility index (Phi) is 3.34. The van der Waals surface area contributed by atoms with E-state index in [1.54, 1.807) is 28.9 Å². The number of carbonyl (C=O) groups excluding carboxylic acids is 2. The maximum atomic E-state index is 12.5. The fourth-order valence-corrected chi connectivity index (χ4v) is 3.21. The molecule has 6 heteroatoms. The van der Waals surface area contributed by atoms with Gasteiger partial charge in [0.1, 0.15) is 12.1 Å². The van der Waals surface area contributed by atoms with Crippen LogP contribution in [0.2, 0.25) is 5.02 Å². The monoisotopic (exact) mass is 303 g/mol. The quantitative estimate of drug-likeness (QED) is 0.800. The zero-order valence-electron chi connectivity index (χ0n) is 11.6. The third kappa shape index (κ3) is 2.07. The number of piperidine rings is 1. The van der Waals surface area contributed by atoms with Crippen LogP contribution in [0.25, 0.3) is 0 Å². The van der Waals surface area contributed by atoms with E-state index in [0.29, 0.717) is 41.3 Å². The summed E-state index contributed by atoms with van der Waals surface area (Å²) in [7, 11) is 0. The number of amides is 2. The normalized spacial score (nSPS) is 21.5. The predicted octanol–water partition coefficient (Wildman–Crippen LogP) is 2.49. The fourth-order valence-electron chi connectivity index (χ4n) is 3.01. The molecule has 21 heavy (non-hydrogen) atoms. The number of nitriles is 1. The molecule has 1 atom stereocenters. The Labute approximate surface area is 127 Å². The number of ketones is 1. The van der Waals surface area contributed by atoms with E-state index in [0.717, 1.165) is 6.42 Å². The van der Waals surface area contributed by atoms with Gasteiger partial charge in [0.2, 0.25) is 0 Å². The van der Waals surface area contributed by atoms with Gasteiger partial charge in [-0.3, -0.25) is 9.69 Å². The minimum Gasteiger partial charge on any atom is -0.312 e. The number of carbonyl (C=O) groups is 2. The maximum Gasteiger partial charge on any atom is 0.325 e. The minimum atomic E-state index is -0.347. The Hall–Kier alpha value is -2.06. The van der Waals surface area contributed by atoms with Gasteiger partial charge in [0.15, 0.2) is 5.78 Å². The molecule has 2 saturated heterocycles. The number of benzene rings is 1. The van der Waals surface area contributed by atoms with Gasteiger partial charge < -0.3 is 4.90 Å². The van der Waals surface area contributed by atoms with Gasteiger partial charge in [-0.2, -0.15) is 5.26 Å². The first kappa shape index (κ1) is 13.9.